The van der Waals surface area contributed by atoms with Gasteiger partial charge in [-0.3, -0.25) is 0 Å². The van der Waals surface area contributed by atoms with E-state index in [0.717, 1.165) is 12.0 Å². The Labute approximate surface area is 117 Å². The molecule has 1 aromatic rings. The Morgan fingerprint density at radius 1 is 1.11 bits per heavy atom. The van der Waals surface area contributed by atoms with Crippen molar-refractivity contribution in [1.82, 2.24) is 4.90 Å². The third kappa shape index (κ3) is 3.70. The second-order valence-electron chi connectivity index (χ2n) is 6.04. The van der Waals surface area contributed by atoms with Crippen LogP contribution in [0.15, 0.2) is 36.4 Å². The summed E-state index contributed by atoms with van der Waals surface area (Å²) in [5.74, 6) is 1.02. The Balaban J connectivity index is 1.48. The van der Waals surface area contributed by atoms with Crippen LogP contribution in [0, 0.1) is 5.92 Å². The molecule has 3 rings (SSSR count). The van der Waals surface area contributed by atoms with Gasteiger partial charge in [-0.05, 0) is 63.1 Å². The largest absolute Gasteiger partial charge is 0.300 e. The predicted octanol–water partition coefficient (Wildman–Crippen LogP) is 4.35. The van der Waals surface area contributed by atoms with Gasteiger partial charge in [0.25, 0.3) is 0 Å². The standard InChI is InChI=1S/C18H25N/c1-2-8-16(9-3-1)10-4-5-11-18(17-12-13-17)19-14-6-7-15-19/h1-4,8-10,17-18H,5-7,11-15H2. The number of rotatable bonds is 6. The van der Waals surface area contributed by atoms with Gasteiger partial charge in [0.05, 0.1) is 0 Å². The van der Waals surface area contributed by atoms with Gasteiger partial charge in [-0.2, -0.15) is 0 Å². The molecule has 1 aromatic carbocycles. The first-order chi connectivity index (χ1) is 9.43. The van der Waals surface area contributed by atoms with Gasteiger partial charge in [0, 0.05) is 6.04 Å². The molecule has 0 bridgehead atoms. The average molecular weight is 255 g/mol. The first-order valence-corrected chi connectivity index (χ1v) is 7.89. The van der Waals surface area contributed by atoms with Crippen LogP contribution >= 0.6 is 0 Å². The summed E-state index contributed by atoms with van der Waals surface area (Å²) in [7, 11) is 0. The second-order valence-corrected chi connectivity index (χ2v) is 6.04. The fourth-order valence-corrected chi connectivity index (χ4v) is 3.32. The van der Waals surface area contributed by atoms with E-state index in [0.29, 0.717) is 0 Å². The van der Waals surface area contributed by atoms with Crippen LogP contribution in [0.5, 0.6) is 0 Å². The van der Waals surface area contributed by atoms with E-state index < -0.39 is 0 Å². The van der Waals surface area contributed by atoms with Gasteiger partial charge in [-0.1, -0.05) is 42.5 Å². The van der Waals surface area contributed by atoms with Crippen molar-refractivity contribution < 1.29 is 0 Å². The molecule has 0 radical (unpaired) electrons. The van der Waals surface area contributed by atoms with Crippen molar-refractivity contribution in [3.63, 3.8) is 0 Å². The van der Waals surface area contributed by atoms with Gasteiger partial charge in [-0.25, -0.2) is 0 Å². The highest BCUT2D eigenvalue weighted by Crippen LogP contribution is 2.38. The van der Waals surface area contributed by atoms with Crippen molar-refractivity contribution in [3.05, 3.63) is 42.0 Å². The summed E-state index contributed by atoms with van der Waals surface area (Å²) in [4.78, 5) is 2.76. The number of nitrogens with zero attached hydrogens (tertiary/aromatic N) is 1. The Morgan fingerprint density at radius 2 is 1.84 bits per heavy atom. The molecule has 2 aliphatic rings. The van der Waals surface area contributed by atoms with Crippen molar-refractivity contribution in [3.8, 4) is 0 Å². The van der Waals surface area contributed by atoms with Crippen LogP contribution in [0.2, 0.25) is 0 Å². The van der Waals surface area contributed by atoms with E-state index >= 15 is 0 Å². The molecule has 1 saturated carbocycles. The predicted molar refractivity (Wildman–Crippen MR) is 82.0 cm³/mol. The van der Waals surface area contributed by atoms with Crippen molar-refractivity contribution >= 4 is 6.08 Å². The van der Waals surface area contributed by atoms with Gasteiger partial charge in [0.15, 0.2) is 0 Å². The fraction of sp³-hybridized carbons (Fsp3) is 0.556. The molecule has 2 fully saturated rings. The zero-order valence-electron chi connectivity index (χ0n) is 11.8. The molecule has 102 valence electrons. The lowest BCUT2D eigenvalue weighted by molar-refractivity contribution is 0.207. The van der Waals surface area contributed by atoms with E-state index in [1.54, 1.807) is 0 Å². The van der Waals surface area contributed by atoms with Crippen molar-refractivity contribution in [2.45, 2.75) is 44.6 Å². The van der Waals surface area contributed by atoms with E-state index in [2.05, 4.69) is 47.4 Å². The third-order valence-corrected chi connectivity index (χ3v) is 4.51. The lowest BCUT2D eigenvalue weighted by Crippen LogP contribution is -2.34. The molecular weight excluding hydrogens is 230 g/mol. The Kier molecular flexibility index (Phi) is 4.34. The third-order valence-electron chi connectivity index (χ3n) is 4.51. The maximum atomic E-state index is 2.76. The molecule has 0 aromatic heterocycles. The first-order valence-electron chi connectivity index (χ1n) is 7.89. The Bertz CT molecular complexity index is 399. The van der Waals surface area contributed by atoms with Crippen LogP contribution in [-0.2, 0) is 0 Å². The van der Waals surface area contributed by atoms with Crippen LogP contribution in [-0.4, -0.2) is 24.0 Å². The lowest BCUT2D eigenvalue weighted by Gasteiger charge is -2.27. The van der Waals surface area contributed by atoms with Crippen molar-refractivity contribution in [2.24, 2.45) is 5.92 Å². The maximum absolute atomic E-state index is 2.76. The van der Waals surface area contributed by atoms with Gasteiger partial charge in [0.2, 0.25) is 0 Å². The van der Waals surface area contributed by atoms with Crippen LogP contribution < -0.4 is 0 Å². The number of benzene rings is 1. The second kappa shape index (κ2) is 6.38. The molecule has 0 amide bonds. The number of likely N-dealkylation sites (tertiary alicyclic amines) is 1. The number of hydrogen-bond donors (Lipinski definition) is 0. The normalized spacial score (nSPS) is 22.1. The summed E-state index contributed by atoms with van der Waals surface area (Å²) in [6, 6.07) is 11.5. The summed E-state index contributed by atoms with van der Waals surface area (Å²) in [6.07, 6.45) is 13.0. The smallest absolute Gasteiger partial charge is 0.0126 e. The molecule has 1 nitrogen and oxygen atoms in total. The highest BCUT2D eigenvalue weighted by atomic mass is 15.2. The molecule has 0 spiro atoms. The summed E-state index contributed by atoms with van der Waals surface area (Å²) >= 11 is 0. The molecular formula is C18H25N. The van der Waals surface area contributed by atoms with E-state index in [4.69, 9.17) is 0 Å². The Morgan fingerprint density at radius 3 is 2.53 bits per heavy atom. The van der Waals surface area contributed by atoms with E-state index in [1.165, 1.54) is 57.2 Å². The molecule has 1 aliphatic carbocycles. The molecule has 0 N–H and O–H groups in total. The fourth-order valence-electron chi connectivity index (χ4n) is 3.32. The SMILES string of the molecule is C(=Cc1ccccc1)CCC(C1CC1)N1CCCC1. The maximum Gasteiger partial charge on any atom is 0.0126 e. The molecule has 1 saturated heterocycles. The quantitative estimate of drug-likeness (QED) is 0.730. The van der Waals surface area contributed by atoms with Gasteiger partial charge < -0.3 is 4.90 Å². The van der Waals surface area contributed by atoms with Crippen LogP contribution in [0.25, 0.3) is 6.08 Å². The van der Waals surface area contributed by atoms with E-state index in [1.807, 2.05) is 0 Å². The molecule has 1 heteroatoms. The number of allylic oxidation sites excluding steroid dienone is 1. The van der Waals surface area contributed by atoms with Crippen LogP contribution in [0.1, 0.15) is 44.1 Å². The number of hydrogen-bond acceptors (Lipinski definition) is 1. The minimum absolute atomic E-state index is 0.878. The lowest BCUT2D eigenvalue weighted by atomic mass is 10.0. The zero-order valence-corrected chi connectivity index (χ0v) is 11.8. The van der Waals surface area contributed by atoms with Crippen LogP contribution in [0.3, 0.4) is 0 Å². The highest BCUT2D eigenvalue weighted by molar-refractivity contribution is 5.48. The first kappa shape index (κ1) is 12.9. The monoisotopic (exact) mass is 255 g/mol. The van der Waals surface area contributed by atoms with Gasteiger partial charge >= 0.3 is 0 Å². The molecule has 19 heavy (non-hydrogen) atoms. The summed E-state index contributed by atoms with van der Waals surface area (Å²) in [5, 5.41) is 0. The summed E-state index contributed by atoms with van der Waals surface area (Å²) in [6.45, 7) is 2.70. The minimum Gasteiger partial charge on any atom is -0.300 e. The van der Waals surface area contributed by atoms with Gasteiger partial charge in [-0.15, -0.1) is 0 Å². The summed E-state index contributed by atoms with van der Waals surface area (Å²) in [5.41, 5.74) is 1.33. The van der Waals surface area contributed by atoms with E-state index in [-0.39, 0.29) is 0 Å². The molecule has 1 unspecified atom stereocenters. The minimum atomic E-state index is 0.878. The topological polar surface area (TPSA) is 3.24 Å². The molecule has 1 heterocycles. The zero-order chi connectivity index (χ0) is 12.9. The van der Waals surface area contributed by atoms with E-state index in [9.17, 15) is 0 Å². The van der Waals surface area contributed by atoms with Gasteiger partial charge in [0.1, 0.15) is 0 Å². The van der Waals surface area contributed by atoms with Crippen LogP contribution in [0.4, 0.5) is 0 Å². The molecule has 1 atom stereocenters. The Hall–Kier alpha value is -1.08. The van der Waals surface area contributed by atoms with Crippen molar-refractivity contribution in [2.75, 3.05) is 13.1 Å². The highest BCUT2D eigenvalue weighted by Gasteiger charge is 2.35. The average Bonchev–Trinajstić information content (AvgIpc) is 3.14. The molecule has 1 aliphatic heterocycles. The van der Waals surface area contributed by atoms with Crippen molar-refractivity contribution in [1.29, 1.82) is 0 Å². The summed E-state index contributed by atoms with van der Waals surface area (Å²) < 4.78 is 0.